The van der Waals surface area contributed by atoms with Gasteiger partial charge < -0.3 is 24.9 Å². The fourth-order valence-corrected chi connectivity index (χ4v) is 0. The van der Waals surface area contributed by atoms with E-state index >= 15 is 0 Å². The van der Waals surface area contributed by atoms with Crippen molar-refractivity contribution in [2.24, 2.45) is 0 Å². The van der Waals surface area contributed by atoms with Crippen molar-refractivity contribution in [3.63, 3.8) is 0 Å². The quantitative estimate of drug-likeness (QED) is 0.482. The Balaban J connectivity index is -0.00000000267. The fourth-order valence-electron chi connectivity index (χ4n) is 0. The molecule has 7 heavy (non-hydrogen) atoms. The largest absolute Gasteiger partial charge is 2.00 e. The Labute approximate surface area is 58.1 Å². The van der Waals surface area contributed by atoms with Gasteiger partial charge in [-0.3, -0.25) is 0 Å². The van der Waals surface area contributed by atoms with E-state index in [1.54, 1.807) is 6.92 Å². The summed E-state index contributed by atoms with van der Waals surface area (Å²) in [5, 5.41) is 7.00. The summed E-state index contributed by atoms with van der Waals surface area (Å²) in [6.45, 7) is 5.00. The number of aliphatic hydroxyl groups excluding tert-OH is 1. The first-order chi connectivity index (χ1) is 2.00. The van der Waals surface area contributed by atoms with Crippen molar-refractivity contribution in [3.05, 3.63) is 14.4 Å². The average Bonchev–Trinajstić information content (AvgIpc) is 1.50. The second-order valence-electron chi connectivity index (χ2n) is 0. The smallest absolute Gasteiger partial charge is 0.412 e. The normalized spacial score (nSPS) is 1.71. The Hall–Kier alpha value is 0.504. The summed E-state index contributed by atoms with van der Waals surface area (Å²) in [6, 6.07) is 0. The Bertz CT molecular complexity index is 9.65. The van der Waals surface area contributed by atoms with E-state index in [1.165, 1.54) is 0 Å². The molecule has 0 aromatic carbocycles. The molecule has 1 radical (unpaired) electrons. The van der Waals surface area contributed by atoms with Gasteiger partial charge in [-0.05, 0) is 0 Å². The molecule has 0 fully saturated rings. The monoisotopic (exact) mass is 145 g/mol. The SMILES string of the molecule is CO.O.[CH2-]C.[CH3-].[V+2]. The molecule has 0 aliphatic rings. The summed E-state index contributed by atoms with van der Waals surface area (Å²) in [7, 11) is 1.00. The van der Waals surface area contributed by atoms with Crippen molar-refractivity contribution < 1.29 is 29.1 Å². The van der Waals surface area contributed by atoms with Gasteiger partial charge in [-0.25, -0.2) is 0 Å². The molecule has 0 saturated heterocycles. The summed E-state index contributed by atoms with van der Waals surface area (Å²) < 4.78 is 0. The number of hydrogen-bond acceptors (Lipinski definition) is 1. The van der Waals surface area contributed by atoms with Crippen LogP contribution in [0.4, 0.5) is 0 Å². The van der Waals surface area contributed by atoms with E-state index in [0.717, 1.165) is 7.11 Å². The average molecular weight is 145 g/mol. The van der Waals surface area contributed by atoms with E-state index in [2.05, 4.69) is 6.92 Å². The van der Waals surface area contributed by atoms with Crippen LogP contribution in [0.5, 0.6) is 0 Å². The van der Waals surface area contributed by atoms with Gasteiger partial charge in [0.15, 0.2) is 0 Å². The minimum Gasteiger partial charge on any atom is -0.412 e. The molecule has 0 atom stereocenters. The Morgan fingerprint density at radius 3 is 1.14 bits per heavy atom. The molecule has 47 valence electrons. The molecule has 0 unspecified atom stereocenters. The van der Waals surface area contributed by atoms with Crippen molar-refractivity contribution >= 4 is 0 Å². The van der Waals surface area contributed by atoms with Crippen LogP contribution in [0, 0.1) is 14.4 Å². The number of aliphatic hydroxyl groups is 1. The minimum absolute atomic E-state index is 0. The maximum atomic E-state index is 7.00. The molecule has 0 bridgehead atoms. The maximum Gasteiger partial charge on any atom is 2.00 e. The van der Waals surface area contributed by atoms with Crippen molar-refractivity contribution in [3.8, 4) is 0 Å². The second-order valence-corrected chi connectivity index (χ2v) is 0. The van der Waals surface area contributed by atoms with Gasteiger partial charge >= 0.3 is 18.6 Å². The van der Waals surface area contributed by atoms with Crippen molar-refractivity contribution in [1.29, 1.82) is 0 Å². The standard InChI is InChI=1S/C2H5.CH4O.CH3.H2O.V/c2*1-2;;;/h1H2,2H3;2H,1H3;1H3;1H2;/q-1;;-1;;+2. The van der Waals surface area contributed by atoms with Crippen molar-refractivity contribution in [2.45, 2.75) is 6.92 Å². The third-order valence-corrected chi connectivity index (χ3v) is 0. The molecule has 0 spiro atoms. The molecular weight excluding hydrogens is 131 g/mol. The van der Waals surface area contributed by atoms with Gasteiger partial charge in [0.1, 0.15) is 0 Å². The van der Waals surface area contributed by atoms with Crippen LogP contribution in [0.1, 0.15) is 6.92 Å². The number of hydrogen-bond donors (Lipinski definition) is 1. The molecule has 0 aliphatic heterocycles. The Morgan fingerprint density at radius 1 is 1.14 bits per heavy atom. The molecule has 0 rings (SSSR count). The molecule has 0 aromatic rings. The minimum atomic E-state index is 0. The molecular formula is C4H14O2V. The third-order valence-electron chi connectivity index (χ3n) is 0. The first kappa shape index (κ1) is 50.6. The van der Waals surface area contributed by atoms with Crippen LogP contribution in [0.15, 0.2) is 0 Å². The predicted molar refractivity (Wildman–Crippen MR) is 29.2 cm³/mol. The van der Waals surface area contributed by atoms with Crippen molar-refractivity contribution in [1.82, 2.24) is 0 Å². The van der Waals surface area contributed by atoms with E-state index in [-0.39, 0.29) is 31.5 Å². The van der Waals surface area contributed by atoms with Crippen LogP contribution < -0.4 is 0 Å². The van der Waals surface area contributed by atoms with E-state index in [1.807, 2.05) is 0 Å². The third kappa shape index (κ3) is 519. The van der Waals surface area contributed by atoms with Gasteiger partial charge in [0.25, 0.3) is 0 Å². The Kier molecular flexibility index (Phi) is 5600. The molecule has 0 aromatic heterocycles. The summed E-state index contributed by atoms with van der Waals surface area (Å²) in [5.74, 6) is 0. The van der Waals surface area contributed by atoms with Crippen LogP contribution in [0.3, 0.4) is 0 Å². The van der Waals surface area contributed by atoms with Crippen molar-refractivity contribution in [2.75, 3.05) is 7.11 Å². The summed E-state index contributed by atoms with van der Waals surface area (Å²) in [6.07, 6.45) is 0. The van der Waals surface area contributed by atoms with Gasteiger partial charge in [-0.2, -0.15) is 6.92 Å². The van der Waals surface area contributed by atoms with Gasteiger partial charge in [0.2, 0.25) is 0 Å². The van der Waals surface area contributed by atoms with Crippen LogP contribution in [0.2, 0.25) is 0 Å². The van der Waals surface area contributed by atoms with E-state index in [4.69, 9.17) is 5.11 Å². The summed E-state index contributed by atoms with van der Waals surface area (Å²) >= 11 is 0. The molecule has 2 nitrogen and oxygen atoms in total. The summed E-state index contributed by atoms with van der Waals surface area (Å²) in [5.41, 5.74) is 0. The molecule has 0 amide bonds. The van der Waals surface area contributed by atoms with Gasteiger partial charge in [0, 0.05) is 7.11 Å². The molecule has 3 N–H and O–H groups in total. The zero-order chi connectivity index (χ0) is 4.00. The molecule has 0 heterocycles. The first-order valence-corrected chi connectivity index (χ1v) is 1.15. The fraction of sp³-hybridized carbons (Fsp3) is 0.500. The van der Waals surface area contributed by atoms with Crippen LogP contribution in [-0.4, -0.2) is 17.7 Å². The first-order valence-electron chi connectivity index (χ1n) is 1.15. The number of rotatable bonds is 0. The van der Waals surface area contributed by atoms with Crippen LogP contribution >= 0.6 is 0 Å². The molecule has 3 heteroatoms. The van der Waals surface area contributed by atoms with E-state index < -0.39 is 0 Å². The van der Waals surface area contributed by atoms with Crippen LogP contribution in [0.25, 0.3) is 0 Å². The van der Waals surface area contributed by atoms with E-state index in [9.17, 15) is 0 Å². The Morgan fingerprint density at radius 2 is 1.14 bits per heavy atom. The van der Waals surface area contributed by atoms with Gasteiger partial charge in [0.05, 0.1) is 0 Å². The van der Waals surface area contributed by atoms with Gasteiger partial charge in [-0.1, -0.05) is 0 Å². The zero-order valence-electron chi connectivity index (χ0n) is 5.10. The predicted octanol–water partition coefficient (Wildman–Crippen LogP) is 0.0720. The second kappa shape index (κ2) is 775. The van der Waals surface area contributed by atoms with Crippen LogP contribution in [-0.2, 0) is 18.6 Å². The molecule has 0 saturated carbocycles. The zero-order valence-corrected chi connectivity index (χ0v) is 6.50. The van der Waals surface area contributed by atoms with Gasteiger partial charge in [-0.15, -0.1) is 0 Å². The maximum absolute atomic E-state index is 7.00. The summed E-state index contributed by atoms with van der Waals surface area (Å²) in [4.78, 5) is 0. The van der Waals surface area contributed by atoms with E-state index in [0.29, 0.717) is 0 Å². The topological polar surface area (TPSA) is 51.7 Å². The molecule has 0 aliphatic carbocycles.